The van der Waals surface area contributed by atoms with Gasteiger partial charge in [-0.05, 0) is 49.4 Å². The second-order valence-electron chi connectivity index (χ2n) is 7.59. The second kappa shape index (κ2) is 12.0. The number of hydrogen-bond donors (Lipinski definition) is 1. The number of alkyl halides is 3. The van der Waals surface area contributed by atoms with Gasteiger partial charge in [-0.2, -0.15) is 21.6 Å². The Balaban J connectivity index is 1.45. The number of anilines is 2. The topological polar surface area (TPSA) is 90.9 Å². The third kappa shape index (κ3) is 7.80. The van der Waals surface area contributed by atoms with E-state index in [1.165, 1.54) is 30.3 Å². The zero-order chi connectivity index (χ0) is 26.2. The summed E-state index contributed by atoms with van der Waals surface area (Å²) in [4.78, 5) is 12.5. The zero-order valence-corrected chi connectivity index (χ0v) is 20.1. The molecule has 0 radical (unpaired) electrons. The first-order valence-electron chi connectivity index (χ1n) is 10.8. The number of rotatable bonds is 11. The van der Waals surface area contributed by atoms with E-state index in [1.807, 2.05) is 6.92 Å². The first kappa shape index (κ1) is 27.2. The smallest absolute Gasteiger partial charge is 0.416 e. The molecule has 0 aliphatic heterocycles. The Bertz CT molecular complexity index is 1280. The van der Waals surface area contributed by atoms with Crippen LogP contribution in [0.5, 0.6) is 0 Å². The molecule has 7 nitrogen and oxygen atoms in total. The molecule has 0 atom stereocenters. The van der Waals surface area contributed by atoms with E-state index in [1.54, 1.807) is 30.3 Å². The summed E-state index contributed by atoms with van der Waals surface area (Å²) in [5, 5.41) is 2.81. The number of hydrogen-bond acceptors (Lipinski definition) is 7. The number of nitrogens with one attached hydrogen (secondary N) is 1. The standard InChI is InChI=1S/C25H24F3NO6S/c1-18-9-11-21(12-10-18)36(31,32)35-16-14-33-13-15-34-24(30)22-7-2-3-8-23(22)29-20-6-4-5-19(17-20)25(26,27)28/h2-12,17,29H,13-16H2,1H3. The predicted octanol–water partition coefficient (Wildman–Crippen LogP) is 5.34. The van der Waals surface area contributed by atoms with E-state index in [9.17, 15) is 26.4 Å². The fraction of sp³-hybridized carbons (Fsp3) is 0.240. The lowest BCUT2D eigenvalue weighted by Gasteiger charge is -2.13. The van der Waals surface area contributed by atoms with Gasteiger partial charge < -0.3 is 14.8 Å². The van der Waals surface area contributed by atoms with Gasteiger partial charge in [0.2, 0.25) is 0 Å². The minimum atomic E-state index is -4.49. The molecular weight excluding hydrogens is 499 g/mol. The number of benzene rings is 3. The molecule has 3 rings (SSSR count). The number of aryl methyl sites for hydroxylation is 1. The largest absolute Gasteiger partial charge is 0.460 e. The van der Waals surface area contributed by atoms with E-state index in [4.69, 9.17) is 13.7 Å². The lowest BCUT2D eigenvalue weighted by Crippen LogP contribution is -2.15. The maximum Gasteiger partial charge on any atom is 0.416 e. The SMILES string of the molecule is Cc1ccc(S(=O)(=O)OCCOCCOC(=O)c2ccccc2Nc2cccc(C(F)(F)F)c2)cc1. The number of esters is 1. The molecule has 0 aromatic heterocycles. The lowest BCUT2D eigenvalue weighted by molar-refractivity contribution is -0.137. The van der Waals surface area contributed by atoms with Crippen LogP contribution in [0.15, 0.2) is 77.7 Å². The van der Waals surface area contributed by atoms with Crippen molar-refractivity contribution in [3.8, 4) is 0 Å². The summed E-state index contributed by atoms with van der Waals surface area (Å²) in [6.45, 7) is 1.44. The van der Waals surface area contributed by atoms with Crippen molar-refractivity contribution in [2.24, 2.45) is 0 Å². The lowest BCUT2D eigenvalue weighted by atomic mass is 10.1. The molecule has 0 saturated heterocycles. The fourth-order valence-corrected chi connectivity index (χ4v) is 3.94. The van der Waals surface area contributed by atoms with Gasteiger partial charge in [-0.3, -0.25) is 4.18 Å². The van der Waals surface area contributed by atoms with Gasteiger partial charge in [0.05, 0.1) is 41.5 Å². The summed E-state index contributed by atoms with van der Waals surface area (Å²) < 4.78 is 78.4. The Kier molecular flexibility index (Phi) is 9.08. The molecule has 0 heterocycles. The molecule has 0 spiro atoms. The Morgan fingerprint density at radius 1 is 0.889 bits per heavy atom. The van der Waals surface area contributed by atoms with Crippen LogP contribution in [0.25, 0.3) is 0 Å². The van der Waals surface area contributed by atoms with Crippen LogP contribution >= 0.6 is 0 Å². The zero-order valence-electron chi connectivity index (χ0n) is 19.2. The van der Waals surface area contributed by atoms with Crippen molar-refractivity contribution in [3.63, 3.8) is 0 Å². The van der Waals surface area contributed by atoms with Crippen LogP contribution in [0, 0.1) is 6.92 Å². The first-order valence-corrected chi connectivity index (χ1v) is 12.2. The molecule has 3 aromatic carbocycles. The summed E-state index contributed by atoms with van der Waals surface area (Å²) in [6.07, 6.45) is -4.49. The average Bonchev–Trinajstić information content (AvgIpc) is 2.83. The van der Waals surface area contributed by atoms with Gasteiger partial charge in [-0.15, -0.1) is 0 Å². The Hall–Kier alpha value is -3.41. The predicted molar refractivity (Wildman–Crippen MR) is 127 cm³/mol. The van der Waals surface area contributed by atoms with E-state index in [0.29, 0.717) is 0 Å². The summed E-state index contributed by atoms with van der Waals surface area (Å²) >= 11 is 0. The van der Waals surface area contributed by atoms with Gasteiger partial charge in [0.15, 0.2) is 0 Å². The highest BCUT2D eigenvalue weighted by atomic mass is 32.2. The monoisotopic (exact) mass is 523 g/mol. The first-order chi connectivity index (χ1) is 17.1. The van der Waals surface area contributed by atoms with E-state index < -0.39 is 27.8 Å². The number of carbonyl (C=O) groups excluding carboxylic acids is 1. The van der Waals surface area contributed by atoms with Gasteiger partial charge in [-0.1, -0.05) is 35.9 Å². The molecule has 0 aliphatic carbocycles. The quantitative estimate of drug-likeness (QED) is 0.206. The average molecular weight is 524 g/mol. The van der Waals surface area contributed by atoms with Crippen molar-refractivity contribution in [1.82, 2.24) is 0 Å². The van der Waals surface area contributed by atoms with Crippen LogP contribution in [0.3, 0.4) is 0 Å². The van der Waals surface area contributed by atoms with Gasteiger partial charge in [0.25, 0.3) is 10.1 Å². The Morgan fingerprint density at radius 3 is 2.31 bits per heavy atom. The molecular formula is C25H24F3NO6S. The summed E-state index contributed by atoms with van der Waals surface area (Å²) in [6, 6.07) is 17.1. The minimum absolute atomic E-state index is 0.0110. The van der Waals surface area contributed by atoms with E-state index in [0.717, 1.165) is 17.7 Å². The van der Waals surface area contributed by atoms with E-state index >= 15 is 0 Å². The van der Waals surface area contributed by atoms with Crippen LogP contribution in [0.2, 0.25) is 0 Å². The Labute approximate surface area is 206 Å². The second-order valence-corrected chi connectivity index (χ2v) is 9.20. The molecule has 3 aromatic rings. The molecule has 36 heavy (non-hydrogen) atoms. The summed E-state index contributed by atoms with van der Waals surface area (Å²) in [5.41, 5.74) is 0.662. The molecule has 0 bridgehead atoms. The molecule has 0 aliphatic rings. The highest BCUT2D eigenvalue weighted by Crippen LogP contribution is 2.32. The maximum atomic E-state index is 13.0. The fourth-order valence-electron chi connectivity index (χ4n) is 3.05. The van der Waals surface area contributed by atoms with Crippen molar-refractivity contribution < 1.29 is 40.0 Å². The van der Waals surface area contributed by atoms with E-state index in [2.05, 4.69) is 5.32 Å². The van der Waals surface area contributed by atoms with Crippen molar-refractivity contribution in [3.05, 3.63) is 89.5 Å². The normalized spacial score (nSPS) is 11.8. The van der Waals surface area contributed by atoms with Crippen LogP contribution in [0.1, 0.15) is 21.5 Å². The summed E-state index contributed by atoms with van der Waals surface area (Å²) in [7, 11) is -3.90. The van der Waals surface area contributed by atoms with Gasteiger partial charge in [0, 0.05) is 5.69 Å². The molecule has 0 amide bonds. The van der Waals surface area contributed by atoms with Gasteiger partial charge in [0.1, 0.15) is 6.61 Å². The third-order valence-corrected chi connectivity index (χ3v) is 6.18. The molecule has 0 unspecified atom stereocenters. The van der Waals surface area contributed by atoms with Crippen LogP contribution < -0.4 is 5.32 Å². The molecule has 192 valence electrons. The molecule has 1 N–H and O–H groups in total. The number of para-hydroxylation sites is 1. The minimum Gasteiger partial charge on any atom is -0.460 e. The van der Waals surface area contributed by atoms with Crippen molar-refractivity contribution in [1.29, 1.82) is 0 Å². The Morgan fingerprint density at radius 2 is 1.58 bits per heavy atom. The van der Waals surface area contributed by atoms with Gasteiger partial charge >= 0.3 is 12.1 Å². The van der Waals surface area contributed by atoms with Crippen molar-refractivity contribution in [2.45, 2.75) is 18.0 Å². The van der Waals surface area contributed by atoms with E-state index in [-0.39, 0.29) is 48.3 Å². The number of ether oxygens (including phenoxy) is 2. The van der Waals surface area contributed by atoms with Crippen molar-refractivity contribution >= 4 is 27.5 Å². The van der Waals surface area contributed by atoms with Crippen LogP contribution in [-0.2, 0) is 30.0 Å². The molecule has 11 heteroatoms. The third-order valence-electron chi connectivity index (χ3n) is 4.85. The molecule has 0 fully saturated rings. The van der Waals surface area contributed by atoms with Crippen LogP contribution in [-0.4, -0.2) is 40.8 Å². The highest BCUT2D eigenvalue weighted by Gasteiger charge is 2.30. The number of carbonyl (C=O) groups is 1. The summed E-state index contributed by atoms with van der Waals surface area (Å²) in [5.74, 6) is -0.702. The van der Waals surface area contributed by atoms with Crippen molar-refractivity contribution in [2.75, 3.05) is 31.7 Å². The van der Waals surface area contributed by atoms with Gasteiger partial charge in [-0.25, -0.2) is 4.79 Å². The van der Waals surface area contributed by atoms with Crippen LogP contribution in [0.4, 0.5) is 24.5 Å². The maximum absolute atomic E-state index is 13.0. The highest BCUT2D eigenvalue weighted by molar-refractivity contribution is 7.86. The molecule has 0 saturated carbocycles. The number of halogens is 3.